The van der Waals surface area contributed by atoms with Crippen molar-refractivity contribution in [2.75, 3.05) is 32.1 Å². The van der Waals surface area contributed by atoms with Gasteiger partial charge in [0.25, 0.3) is 5.91 Å². The Labute approximate surface area is 157 Å². The molecule has 1 saturated heterocycles. The second-order valence-corrected chi connectivity index (χ2v) is 8.21. The Hall–Kier alpha value is -1.99. The summed E-state index contributed by atoms with van der Waals surface area (Å²) in [6.45, 7) is 3.97. The van der Waals surface area contributed by atoms with Crippen molar-refractivity contribution in [3.05, 3.63) is 39.0 Å². The van der Waals surface area contributed by atoms with E-state index in [0.29, 0.717) is 13.1 Å². The lowest BCUT2D eigenvalue weighted by atomic mass is 10.0. The summed E-state index contributed by atoms with van der Waals surface area (Å²) < 4.78 is 5.74. The van der Waals surface area contributed by atoms with Gasteiger partial charge in [0.05, 0.1) is 23.2 Å². The number of rotatable bonds is 3. The Morgan fingerprint density at radius 2 is 2.19 bits per heavy atom. The quantitative estimate of drug-likeness (QED) is 0.829. The highest BCUT2D eigenvalue weighted by molar-refractivity contribution is 7.14. The number of ether oxygens (including phenoxy) is 1. The molecule has 1 fully saturated rings. The molecule has 0 aliphatic carbocycles. The molecule has 7 heteroatoms. The summed E-state index contributed by atoms with van der Waals surface area (Å²) in [7, 11) is 4.00. The van der Waals surface area contributed by atoms with Gasteiger partial charge >= 0.3 is 0 Å². The van der Waals surface area contributed by atoms with Crippen LogP contribution in [0.15, 0.2) is 12.1 Å². The van der Waals surface area contributed by atoms with Crippen LogP contribution >= 0.6 is 11.3 Å². The molecule has 0 spiro atoms. The summed E-state index contributed by atoms with van der Waals surface area (Å²) in [6, 6.07) is 3.98. The molecule has 1 atom stereocenters. The first-order chi connectivity index (χ1) is 12.5. The van der Waals surface area contributed by atoms with E-state index < -0.39 is 0 Å². The van der Waals surface area contributed by atoms with Crippen molar-refractivity contribution in [3.8, 4) is 0 Å². The minimum absolute atomic E-state index is 0.0903. The molecule has 0 aromatic carbocycles. The van der Waals surface area contributed by atoms with Gasteiger partial charge < -0.3 is 14.5 Å². The standard InChI is InChI=1S/C19H24N4O2S/c1-12-20-14-11-23(9-8-13(14)18(21-12)22(2)3)19(24)17-7-6-16(26-17)15-5-4-10-25-15/h6-7,15H,4-5,8-11H2,1-3H3/t15-/m0/s1. The van der Waals surface area contributed by atoms with Gasteiger partial charge in [-0.15, -0.1) is 11.3 Å². The summed E-state index contributed by atoms with van der Waals surface area (Å²) in [5, 5.41) is 0. The number of aromatic nitrogens is 2. The highest BCUT2D eigenvalue weighted by Crippen LogP contribution is 2.34. The SMILES string of the molecule is Cc1nc2c(c(N(C)C)n1)CCN(C(=O)c1ccc([C@@H]3CCCO3)s1)C2. The first kappa shape index (κ1) is 17.4. The molecule has 1 amide bonds. The van der Waals surface area contributed by atoms with Crippen molar-refractivity contribution < 1.29 is 9.53 Å². The van der Waals surface area contributed by atoms with Gasteiger partial charge in [-0.05, 0) is 38.3 Å². The number of thiophene rings is 1. The van der Waals surface area contributed by atoms with Gasteiger partial charge in [0, 0.05) is 37.7 Å². The number of hydrogen-bond acceptors (Lipinski definition) is 6. The fourth-order valence-corrected chi connectivity index (χ4v) is 4.73. The first-order valence-corrected chi connectivity index (χ1v) is 9.89. The largest absolute Gasteiger partial charge is 0.373 e. The minimum Gasteiger partial charge on any atom is -0.373 e. The minimum atomic E-state index is 0.0903. The summed E-state index contributed by atoms with van der Waals surface area (Å²) in [4.78, 5) is 28.0. The second-order valence-electron chi connectivity index (χ2n) is 7.09. The third-order valence-electron chi connectivity index (χ3n) is 4.95. The van der Waals surface area contributed by atoms with Gasteiger partial charge in [-0.3, -0.25) is 4.79 Å². The lowest BCUT2D eigenvalue weighted by molar-refractivity contribution is 0.0736. The molecule has 138 valence electrons. The molecule has 0 saturated carbocycles. The van der Waals surface area contributed by atoms with E-state index in [4.69, 9.17) is 4.74 Å². The van der Waals surface area contributed by atoms with Crippen LogP contribution < -0.4 is 4.90 Å². The molecule has 6 nitrogen and oxygen atoms in total. The van der Waals surface area contributed by atoms with E-state index in [-0.39, 0.29) is 12.0 Å². The Morgan fingerprint density at radius 3 is 2.92 bits per heavy atom. The molecule has 0 bridgehead atoms. The van der Waals surface area contributed by atoms with Crippen LogP contribution in [-0.4, -0.2) is 48.0 Å². The smallest absolute Gasteiger partial charge is 0.264 e. The van der Waals surface area contributed by atoms with Gasteiger partial charge in [0.2, 0.25) is 0 Å². The maximum atomic E-state index is 13.0. The number of fused-ring (bicyclic) bond motifs is 1. The van der Waals surface area contributed by atoms with Gasteiger partial charge in [-0.2, -0.15) is 0 Å². The molecular formula is C19H24N4O2S. The van der Waals surface area contributed by atoms with Crippen molar-refractivity contribution in [2.24, 2.45) is 0 Å². The molecule has 26 heavy (non-hydrogen) atoms. The van der Waals surface area contributed by atoms with Gasteiger partial charge in [-0.1, -0.05) is 0 Å². The highest BCUT2D eigenvalue weighted by Gasteiger charge is 2.28. The Balaban J connectivity index is 1.54. The number of amides is 1. The predicted molar refractivity (Wildman–Crippen MR) is 102 cm³/mol. The average Bonchev–Trinajstić information content (AvgIpc) is 3.30. The van der Waals surface area contributed by atoms with Crippen LogP contribution in [0.2, 0.25) is 0 Å². The maximum absolute atomic E-state index is 13.0. The van der Waals surface area contributed by atoms with E-state index >= 15 is 0 Å². The molecule has 2 aliphatic heterocycles. The van der Waals surface area contributed by atoms with Crippen LogP contribution in [0.3, 0.4) is 0 Å². The average molecular weight is 372 g/mol. The highest BCUT2D eigenvalue weighted by atomic mass is 32.1. The molecule has 4 rings (SSSR count). The number of hydrogen-bond donors (Lipinski definition) is 0. The molecular weight excluding hydrogens is 348 g/mol. The number of nitrogens with zero attached hydrogens (tertiary/aromatic N) is 4. The summed E-state index contributed by atoms with van der Waals surface area (Å²) >= 11 is 1.57. The Kier molecular flexibility index (Phi) is 4.67. The molecule has 0 radical (unpaired) electrons. The number of carbonyl (C=O) groups is 1. The van der Waals surface area contributed by atoms with Crippen molar-refractivity contribution in [3.63, 3.8) is 0 Å². The normalized spacial score (nSPS) is 19.5. The topological polar surface area (TPSA) is 58.6 Å². The molecule has 0 N–H and O–H groups in total. The van der Waals surface area contributed by atoms with E-state index in [1.54, 1.807) is 11.3 Å². The Bertz CT molecular complexity index is 827. The monoisotopic (exact) mass is 372 g/mol. The van der Waals surface area contributed by atoms with E-state index in [0.717, 1.165) is 58.5 Å². The molecule has 2 aromatic rings. The van der Waals surface area contributed by atoms with E-state index in [1.165, 1.54) is 0 Å². The van der Waals surface area contributed by atoms with Crippen LogP contribution in [0.25, 0.3) is 0 Å². The van der Waals surface area contributed by atoms with Crippen molar-refractivity contribution in [1.82, 2.24) is 14.9 Å². The zero-order chi connectivity index (χ0) is 18.3. The van der Waals surface area contributed by atoms with E-state index in [9.17, 15) is 4.79 Å². The number of anilines is 1. The van der Waals surface area contributed by atoms with Crippen molar-refractivity contribution in [1.29, 1.82) is 0 Å². The lowest BCUT2D eigenvalue weighted by Crippen LogP contribution is -2.37. The first-order valence-electron chi connectivity index (χ1n) is 9.07. The fraction of sp³-hybridized carbons (Fsp3) is 0.526. The number of aryl methyl sites for hydroxylation is 1. The predicted octanol–water partition coefficient (Wildman–Crippen LogP) is 2.96. The van der Waals surface area contributed by atoms with Crippen LogP contribution in [0.1, 0.15) is 50.6 Å². The summed E-state index contributed by atoms with van der Waals surface area (Å²) in [6.07, 6.45) is 3.11. The summed E-state index contributed by atoms with van der Waals surface area (Å²) in [5.74, 6) is 1.81. The molecule has 4 heterocycles. The molecule has 0 unspecified atom stereocenters. The van der Waals surface area contributed by atoms with Gasteiger partial charge in [0.15, 0.2) is 0 Å². The van der Waals surface area contributed by atoms with Crippen LogP contribution in [0.5, 0.6) is 0 Å². The number of carbonyl (C=O) groups excluding carboxylic acids is 1. The third-order valence-corrected chi connectivity index (χ3v) is 6.12. The zero-order valence-electron chi connectivity index (χ0n) is 15.5. The maximum Gasteiger partial charge on any atom is 0.264 e. The van der Waals surface area contributed by atoms with Gasteiger partial charge in [-0.25, -0.2) is 9.97 Å². The van der Waals surface area contributed by atoms with Crippen LogP contribution in [0.4, 0.5) is 5.82 Å². The second kappa shape index (κ2) is 6.96. The molecule has 2 aliphatic rings. The lowest BCUT2D eigenvalue weighted by Gasteiger charge is -2.30. The summed E-state index contributed by atoms with van der Waals surface area (Å²) in [5.41, 5.74) is 2.13. The zero-order valence-corrected chi connectivity index (χ0v) is 16.3. The fourth-order valence-electron chi connectivity index (χ4n) is 3.67. The molecule has 2 aromatic heterocycles. The third kappa shape index (κ3) is 3.21. The van der Waals surface area contributed by atoms with E-state index in [1.807, 2.05) is 43.0 Å². The van der Waals surface area contributed by atoms with Crippen molar-refractivity contribution in [2.45, 2.75) is 38.8 Å². The van der Waals surface area contributed by atoms with Crippen LogP contribution in [-0.2, 0) is 17.7 Å². The van der Waals surface area contributed by atoms with E-state index in [2.05, 4.69) is 9.97 Å². The van der Waals surface area contributed by atoms with Gasteiger partial charge in [0.1, 0.15) is 11.6 Å². The Morgan fingerprint density at radius 1 is 1.35 bits per heavy atom. The van der Waals surface area contributed by atoms with Crippen LogP contribution in [0, 0.1) is 6.92 Å². The van der Waals surface area contributed by atoms with Crippen molar-refractivity contribution >= 4 is 23.1 Å².